The second kappa shape index (κ2) is 13.7. The molecule has 218 valence electrons. The number of aliphatic hydroxyl groups is 1. The van der Waals surface area contributed by atoms with Crippen LogP contribution in [0.3, 0.4) is 0 Å². The third-order valence-electron chi connectivity index (χ3n) is 9.10. The molecule has 2 aromatic carbocycles. The van der Waals surface area contributed by atoms with Crippen molar-refractivity contribution in [2.24, 2.45) is 0 Å². The average molecular weight is 551 g/mol. The zero-order valence-corrected chi connectivity index (χ0v) is 24.9. The van der Waals surface area contributed by atoms with Gasteiger partial charge in [0.2, 0.25) is 5.91 Å². The Morgan fingerprint density at radius 3 is 2.58 bits per heavy atom. The highest BCUT2D eigenvalue weighted by molar-refractivity contribution is 5.93. The van der Waals surface area contributed by atoms with Crippen LogP contribution in [0.15, 0.2) is 54.6 Å². The fraction of sp³-hybridized carbons (Fsp3) is 0.576. The number of amides is 2. The number of aliphatic hydroxyl groups excluding tert-OH is 1. The summed E-state index contributed by atoms with van der Waals surface area (Å²) in [7, 11) is 0. The van der Waals surface area contributed by atoms with Gasteiger partial charge in [-0.05, 0) is 42.9 Å². The Bertz CT molecular complexity index is 1120. The van der Waals surface area contributed by atoms with E-state index in [-0.39, 0.29) is 17.4 Å². The fourth-order valence-corrected chi connectivity index (χ4v) is 6.67. The van der Waals surface area contributed by atoms with Gasteiger partial charge >= 0.3 is 0 Å². The predicted molar refractivity (Wildman–Crippen MR) is 158 cm³/mol. The van der Waals surface area contributed by atoms with Gasteiger partial charge in [-0.3, -0.25) is 9.59 Å². The van der Waals surface area contributed by atoms with E-state index < -0.39 is 18.2 Å². The molecule has 0 aromatic heterocycles. The molecular formula is C33H50N4O3+2. The second-order valence-corrected chi connectivity index (χ2v) is 12.2. The normalized spacial score (nSPS) is 23.1. The van der Waals surface area contributed by atoms with Crippen LogP contribution in [0, 0.1) is 0 Å². The van der Waals surface area contributed by atoms with Gasteiger partial charge in [-0.15, -0.1) is 0 Å². The molecule has 7 nitrogen and oxygen atoms in total. The molecule has 2 aromatic rings. The van der Waals surface area contributed by atoms with E-state index in [1.165, 1.54) is 16.0 Å². The molecule has 2 saturated heterocycles. The van der Waals surface area contributed by atoms with Crippen LogP contribution in [-0.4, -0.2) is 71.7 Å². The van der Waals surface area contributed by atoms with Crippen LogP contribution in [0.25, 0.3) is 0 Å². The second-order valence-electron chi connectivity index (χ2n) is 12.2. The maximum atomic E-state index is 13.7. The van der Waals surface area contributed by atoms with Gasteiger partial charge in [0.15, 0.2) is 5.54 Å². The minimum Gasteiger partial charge on any atom is -0.385 e. The lowest BCUT2D eigenvalue weighted by molar-refractivity contribution is -0.928. The first kappa shape index (κ1) is 30.2. The van der Waals surface area contributed by atoms with Crippen LogP contribution in [0.5, 0.6) is 0 Å². The number of quaternary nitrogens is 2. The van der Waals surface area contributed by atoms with Gasteiger partial charge in [-0.1, -0.05) is 69.3 Å². The highest BCUT2D eigenvalue weighted by atomic mass is 16.3. The van der Waals surface area contributed by atoms with Gasteiger partial charge < -0.3 is 25.5 Å². The van der Waals surface area contributed by atoms with E-state index in [9.17, 15) is 14.7 Å². The minimum atomic E-state index is -0.732. The fourth-order valence-electron chi connectivity index (χ4n) is 6.67. The molecule has 2 amide bonds. The van der Waals surface area contributed by atoms with E-state index in [1.807, 2.05) is 37.3 Å². The van der Waals surface area contributed by atoms with Crippen molar-refractivity contribution in [2.45, 2.75) is 96.0 Å². The van der Waals surface area contributed by atoms with Crippen molar-refractivity contribution < 1.29 is 24.9 Å². The Labute approximate surface area is 240 Å². The molecule has 1 spiro atoms. The number of rotatable bonds is 13. The third-order valence-corrected chi connectivity index (χ3v) is 9.10. The molecule has 7 heteroatoms. The molecule has 0 bridgehead atoms. The van der Waals surface area contributed by atoms with E-state index in [2.05, 4.69) is 55.7 Å². The Balaban J connectivity index is 1.40. The monoisotopic (exact) mass is 550 g/mol. The molecule has 5 N–H and O–H groups in total. The number of carbonyl (C=O) groups excluding carboxylic acids is 2. The molecule has 0 saturated carbocycles. The number of nitrogens with two attached hydrogens (primary N) is 1. The maximum absolute atomic E-state index is 13.7. The number of likely N-dealkylation sites (tertiary alicyclic amines) is 2. The molecule has 0 aliphatic carbocycles. The molecule has 4 rings (SSSR count). The highest BCUT2D eigenvalue weighted by Crippen LogP contribution is 2.29. The van der Waals surface area contributed by atoms with Crippen molar-refractivity contribution in [1.82, 2.24) is 10.2 Å². The van der Waals surface area contributed by atoms with Gasteiger partial charge in [0.1, 0.15) is 25.2 Å². The number of carbonyl (C=O) groups is 2. The molecule has 0 radical (unpaired) electrons. The number of hydrogen-bond acceptors (Lipinski definition) is 3. The predicted octanol–water partition coefficient (Wildman–Crippen LogP) is 1.41. The van der Waals surface area contributed by atoms with Gasteiger partial charge in [-0.25, -0.2) is 0 Å². The largest absolute Gasteiger partial charge is 0.385 e. The molecule has 5 atom stereocenters. The lowest BCUT2D eigenvalue weighted by Crippen LogP contribution is -3.19. The van der Waals surface area contributed by atoms with Gasteiger partial charge in [0.05, 0.1) is 19.1 Å². The third kappa shape index (κ3) is 6.93. The molecule has 1 unspecified atom stereocenters. The average Bonchev–Trinajstić information content (AvgIpc) is 3.51. The van der Waals surface area contributed by atoms with Gasteiger partial charge in [0, 0.05) is 31.4 Å². The van der Waals surface area contributed by atoms with E-state index in [1.54, 1.807) is 4.90 Å². The lowest BCUT2D eigenvalue weighted by atomic mass is 9.94. The first-order valence-electron chi connectivity index (χ1n) is 15.3. The molecule has 40 heavy (non-hydrogen) atoms. The number of nitrogens with one attached hydrogen (secondary N) is 2. The van der Waals surface area contributed by atoms with Crippen molar-refractivity contribution in [3.05, 3.63) is 71.3 Å². The van der Waals surface area contributed by atoms with Crippen LogP contribution < -0.4 is 15.5 Å². The SMILES string of the molecule is CCC[NH+]1CCC[C@@]12CCN([C@@H](C)C(=O)N[C@@H](Cc1ccccc1)[C@H](O)C[NH2+]Cc1cccc(C(C)C)c1)C2=O. The van der Waals surface area contributed by atoms with E-state index in [0.29, 0.717) is 25.4 Å². The summed E-state index contributed by atoms with van der Waals surface area (Å²) in [5, 5.41) is 16.5. The van der Waals surface area contributed by atoms with Crippen LogP contribution in [0.2, 0.25) is 0 Å². The van der Waals surface area contributed by atoms with Crippen molar-refractivity contribution in [3.63, 3.8) is 0 Å². The first-order valence-corrected chi connectivity index (χ1v) is 15.3. The summed E-state index contributed by atoms with van der Waals surface area (Å²) in [6.45, 7) is 12.3. The summed E-state index contributed by atoms with van der Waals surface area (Å²) >= 11 is 0. The molecular weight excluding hydrogens is 500 g/mol. The van der Waals surface area contributed by atoms with Crippen LogP contribution in [0.4, 0.5) is 0 Å². The van der Waals surface area contributed by atoms with E-state index >= 15 is 0 Å². The topological polar surface area (TPSA) is 90.7 Å². The van der Waals surface area contributed by atoms with Crippen molar-refractivity contribution in [3.8, 4) is 0 Å². The van der Waals surface area contributed by atoms with Crippen molar-refractivity contribution in [2.75, 3.05) is 26.2 Å². The quantitative estimate of drug-likeness (QED) is 0.304. The van der Waals surface area contributed by atoms with Crippen LogP contribution in [-0.2, 0) is 22.6 Å². The molecule has 2 aliphatic rings. The summed E-state index contributed by atoms with van der Waals surface area (Å²) < 4.78 is 0. The van der Waals surface area contributed by atoms with Crippen LogP contribution in [0.1, 0.15) is 76.0 Å². The maximum Gasteiger partial charge on any atom is 0.284 e. The Morgan fingerprint density at radius 2 is 1.85 bits per heavy atom. The summed E-state index contributed by atoms with van der Waals surface area (Å²) in [5.74, 6) is 0.415. The van der Waals surface area contributed by atoms with Gasteiger partial charge in [0.25, 0.3) is 5.91 Å². The zero-order valence-electron chi connectivity index (χ0n) is 24.9. The van der Waals surface area contributed by atoms with E-state index in [4.69, 9.17) is 0 Å². The minimum absolute atomic E-state index is 0.133. The van der Waals surface area contributed by atoms with Crippen LogP contribution >= 0.6 is 0 Å². The molecule has 2 heterocycles. The number of nitrogens with zero attached hydrogens (tertiary/aromatic N) is 1. The van der Waals surface area contributed by atoms with Gasteiger partial charge in [-0.2, -0.15) is 0 Å². The van der Waals surface area contributed by atoms with Crippen molar-refractivity contribution >= 4 is 11.8 Å². The summed E-state index contributed by atoms with van der Waals surface area (Å²) in [6.07, 6.45) is 3.66. The zero-order chi connectivity index (χ0) is 28.7. The number of benzene rings is 2. The summed E-state index contributed by atoms with van der Waals surface area (Å²) in [4.78, 5) is 30.4. The lowest BCUT2D eigenvalue weighted by Gasteiger charge is -2.32. The van der Waals surface area contributed by atoms with Crippen molar-refractivity contribution in [1.29, 1.82) is 0 Å². The molecule has 2 aliphatic heterocycles. The standard InChI is InChI=1S/C33H48N4O3/c1-5-17-36-18-10-15-33(36)16-19-37(32(33)40)25(4)31(39)35-29(21-26-11-7-6-8-12-26)30(38)23-34-22-27-13-9-14-28(20-27)24(2)3/h6-9,11-14,20,24-25,29-30,34,38H,5,10,15-19,21-23H2,1-4H3,(H,35,39)/p+2/t25-,29-,30+,33-/m0/s1. The highest BCUT2D eigenvalue weighted by Gasteiger charge is 2.58. The first-order chi connectivity index (χ1) is 19.2. The Morgan fingerprint density at radius 1 is 1.10 bits per heavy atom. The molecule has 2 fully saturated rings. The number of hydrogen-bond donors (Lipinski definition) is 4. The summed E-state index contributed by atoms with van der Waals surface area (Å²) in [6, 6.07) is 17.5. The summed E-state index contributed by atoms with van der Waals surface area (Å²) in [5.41, 5.74) is 3.24. The smallest absolute Gasteiger partial charge is 0.284 e. The Hall–Kier alpha value is -2.74. The van der Waals surface area contributed by atoms with E-state index in [0.717, 1.165) is 50.9 Å². The Kier molecular flexibility index (Phi) is 10.4.